The van der Waals surface area contributed by atoms with Gasteiger partial charge in [-0.2, -0.15) is 0 Å². The predicted molar refractivity (Wildman–Crippen MR) is 323 cm³/mol. The zero-order chi connectivity index (χ0) is 61.1. The highest BCUT2D eigenvalue weighted by atomic mass is 32.7. The molecule has 10 atom stereocenters. The number of alkyl halides is 1. The van der Waals surface area contributed by atoms with Crippen molar-refractivity contribution in [1.29, 1.82) is 0 Å². The van der Waals surface area contributed by atoms with Crippen molar-refractivity contribution in [2.75, 3.05) is 32.7 Å². The number of ether oxygens (including phenoxy) is 6. The standard InChI is InChI=1S/C59H66FN7O16P2S2/c1-4-5-6-7-8-9-10-11-30-75-42-26-20-41(21-27-42)58(70)79-44-24-16-39(17-25-44)34-87-85(73)77-32-46-50(52(74-3)56(81-46)66-29-28-47(68)65-59(66)71)82-84(72,86-33-38-14-22-43(23-15-38)78-57(69)40-18-12-37(2)13-19-40)76-31-45-48(60)51(83-85)55(80-45)67-36-64-49-53(61)62-35-63-54(49)67/h12-29,35-36,45-46,48,50-52,55-56H,4-11,30-34H2,1-3H3,(H2,61,62,63)(H,65,68,71)/t45-,46-,48-,50-,51-,52-,55-,56-,84?,85?/m1/s1. The monoisotopic (exact) mass is 1270 g/mol. The van der Waals surface area contributed by atoms with Crippen LogP contribution >= 0.6 is 36.4 Å². The number of benzene rings is 4. The summed E-state index contributed by atoms with van der Waals surface area (Å²) in [5, 5.41) is 0. The zero-order valence-electron chi connectivity index (χ0n) is 47.8. The second kappa shape index (κ2) is 29.2. The fourth-order valence-corrected chi connectivity index (χ4v) is 16.6. The van der Waals surface area contributed by atoms with Crippen LogP contribution in [0.4, 0.5) is 10.2 Å². The van der Waals surface area contributed by atoms with Crippen molar-refractivity contribution in [2.45, 2.75) is 126 Å². The molecule has 3 N–H and O–H groups in total. The number of nitrogens with zero attached hydrogens (tertiary/aromatic N) is 5. The number of unbranched alkanes of at least 4 members (excludes halogenated alkanes) is 7. The lowest BCUT2D eigenvalue weighted by Gasteiger charge is -2.29. The third-order valence-electron chi connectivity index (χ3n) is 14.6. The summed E-state index contributed by atoms with van der Waals surface area (Å²) in [5.74, 6) is -0.159. The number of aromatic amines is 1. The average molecular weight is 1270 g/mol. The van der Waals surface area contributed by atoms with Crippen LogP contribution in [0.1, 0.15) is 108 Å². The molecule has 3 saturated heterocycles. The lowest BCUT2D eigenvalue weighted by atomic mass is 10.1. The van der Waals surface area contributed by atoms with Gasteiger partial charge in [0.1, 0.15) is 59.6 Å². The number of esters is 2. The predicted octanol–water partition coefficient (Wildman–Crippen LogP) is 11.3. The first-order chi connectivity index (χ1) is 42.1. The molecule has 0 saturated carbocycles. The molecule has 2 bridgehead atoms. The second-order valence-corrected chi connectivity index (χ2v) is 28.9. The Balaban J connectivity index is 0.883. The number of nitrogens with one attached hydrogen (secondary N) is 1. The lowest BCUT2D eigenvalue weighted by molar-refractivity contribution is -0.0632. The molecule has 0 amide bonds. The molecule has 87 heavy (non-hydrogen) atoms. The van der Waals surface area contributed by atoms with Crippen LogP contribution in [0.25, 0.3) is 11.2 Å². The van der Waals surface area contributed by atoms with E-state index in [4.69, 9.17) is 52.2 Å². The summed E-state index contributed by atoms with van der Waals surface area (Å²) in [7, 11) is 1.29. The molecule has 3 aliphatic rings. The number of anilines is 1. The van der Waals surface area contributed by atoms with Crippen LogP contribution in [0, 0.1) is 6.92 Å². The maximum Gasteiger partial charge on any atom is 0.390 e. The van der Waals surface area contributed by atoms with Crippen molar-refractivity contribution in [1.82, 2.24) is 29.1 Å². The quantitative estimate of drug-likeness (QED) is 0.0260. The molecule has 7 aromatic rings. The van der Waals surface area contributed by atoms with Crippen molar-refractivity contribution in [3.63, 3.8) is 0 Å². The van der Waals surface area contributed by atoms with E-state index in [1.165, 1.54) is 69.1 Å². The van der Waals surface area contributed by atoms with E-state index in [-0.39, 0.29) is 40.0 Å². The number of nitrogens with two attached hydrogens (primary N) is 1. The van der Waals surface area contributed by atoms with E-state index in [1.54, 1.807) is 97.1 Å². The number of nitrogen functional groups attached to an aromatic ring is 1. The second-order valence-electron chi connectivity index (χ2n) is 20.8. The summed E-state index contributed by atoms with van der Waals surface area (Å²) in [6.07, 6.45) is 0.706. The fourth-order valence-electron chi connectivity index (χ4n) is 9.87. The van der Waals surface area contributed by atoms with Gasteiger partial charge in [-0.15, -0.1) is 0 Å². The molecular weight excluding hydrogens is 1210 g/mol. The molecule has 28 heteroatoms. The van der Waals surface area contributed by atoms with E-state index in [9.17, 15) is 19.2 Å². The van der Waals surface area contributed by atoms with Gasteiger partial charge in [-0.05, 0) is 108 Å². The van der Waals surface area contributed by atoms with Gasteiger partial charge in [0.2, 0.25) is 0 Å². The average Bonchev–Trinajstić information content (AvgIpc) is 1.79. The van der Waals surface area contributed by atoms with Gasteiger partial charge in [0.25, 0.3) is 5.56 Å². The highest BCUT2D eigenvalue weighted by Gasteiger charge is 2.55. The lowest BCUT2D eigenvalue weighted by Crippen LogP contribution is -2.40. The Morgan fingerprint density at radius 1 is 0.690 bits per heavy atom. The van der Waals surface area contributed by atoms with E-state index in [0.717, 1.165) is 40.4 Å². The molecule has 0 spiro atoms. The summed E-state index contributed by atoms with van der Waals surface area (Å²) < 4.78 is 112. The summed E-state index contributed by atoms with van der Waals surface area (Å²) in [6, 6.07) is 27.5. The molecule has 10 rings (SSSR count). The van der Waals surface area contributed by atoms with E-state index in [2.05, 4.69) is 26.9 Å². The topological polar surface area (TPSA) is 285 Å². The van der Waals surface area contributed by atoms with Gasteiger partial charge in [0.05, 0.1) is 37.3 Å². The van der Waals surface area contributed by atoms with Gasteiger partial charge in [0.15, 0.2) is 30.1 Å². The third-order valence-corrected chi connectivity index (χ3v) is 21.9. The molecule has 3 aliphatic heterocycles. The Kier molecular flexibility index (Phi) is 21.3. The molecule has 6 heterocycles. The molecule has 0 aliphatic carbocycles. The minimum absolute atomic E-state index is 0.0119. The highest BCUT2D eigenvalue weighted by Crippen LogP contribution is 2.67. The molecule has 3 fully saturated rings. The van der Waals surface area contributed by atoms with Crippen LogP contribution in [0.15, 0.2) is 132 Å². The Hall–Kier alpha value is -6.54. The third kappa shape index (κ3) is 16.0. The van der Waals surface area contributed by atoms with Crippen molar-refractivity contribution in [2.24, 2.45) is 0 Å². The Morgan fingerprint density at radius 3 is 1.84 bits per heavy atom. The highest BCUT2D eigenvalue weighted by molar-refractivity contribution is 8.55. The number of rotatable bonds is 23. The summed E-state index contributed by atoms with van der Waals surface area (Å²) in [4.78, 5) is 66.5. The zero-order valence-corrected chi connectivity index (χ0v) is 51.2. The van der Waals surface area contributed by atoms with E-state index < -0.39 is 99.1 Å². The van der Waals surface area contributed by atoms with Crippen molar-refractivity contribution in [3.05, 3.63) is 171 Å². The van der Waals surface area contributed by atoms with Crippen LogP contribution in [-0.4, -0.2) is 105 Å². The SMILES string of the molecule is CCCCCCCCCCOc1ccc(C(=O)Oc2ccc(CSP3(=O)OC[C@H]4O[C@@H](n5ccc(=O)[nH]c5=O)[C@H](OC)[C@@H]4OP(=O)(SCc4ccc(OC(=O)c5ccc(C)cc5)cc4)OC[C@H]4O[C@@H](n5cnc6c(N)ncnc65)[C@H](O3)[C@@H]4F)cc2)cc1. The van der Waals surface area contributed by atoms with Crippen molar-refractivity contribution in [3.8, 4) is 17.2 Å². The molecular formula is C59H66FN7O16P2S2. The van der Waals surface area contributed by atoms with E-state index >= 15 is 13.5 Å². The maximum absolute atomic E-state index is 17.4. The van der Waals surface area contributed by atoms with Crippen molar-refractivity contribution >= 4 is 65.3 Å². The largest absolute Gasteiger partial charge is 0.494 e. The van der Waals surface area contributed by atoms with Gasteiger partial charge in [-0.3, -0.25) is 37.0 Å². The van der Waals surface area contributed by atoms with Crippen molar-refractivity contribution < 1.29 is 69.6 Å². The smallest absolute Gasteiger partial charge is 0.390 e. The number of H-pyrrole nitrogens is 1. The number of methoxy groups -OCH3 is 1. The van der Waals surface area contributed by atoms with Crippen LogP contribution in [0.3, 0.4) is 0 Å². The molecule has 23 nitrogen and oxygen atoms in total. The minimum Gasteiger partial charge on any atom is -0.494 e. The molecule has 4 aromatic carbocycles. The Bertz CT molecular complexity index is 3700. The van der Waals surface area contributed by atoms with E-state index in [1.807, 2.05) is 6.92 Å². The van der Waals surface area contributed by atoms with Gasteiger partial charge in [0, 0.05) is 30.9 Å². The summed E-state index contributed by atoms with van der Waals surface area (Å²) >= 11 is 1.42. The number of hydrogen-bond acceptors (Lipinski definition) is 22. The Morgan fingerprint density at radius 2 is 1.24 bits per heavy atom. The normalized spacial score (nSPS) is 24.8. The van der Waals surface area contributed by atoms with E-state index in [0.29, 0.717) is 46.0 Å². The van der Waals surface area contributed by atoms with Crippen LogP contribution in [-0.2, 0) is 52.9 Å². The van der Waals surface area contributed by atoms with Gasteiger partial charge in [-0.1, -0.05) is 93.8 Å². The number of aryl methyl sites for hydroxylation is 1. The number of carbonyl (C=O) groups excluding carboxylic acids is 2. The summed E-state index contributed by atoms with van der Waals surface area (Å²) in [6.45, 7) is -5.95. The first kappa shape index (κ1) is 63.5. The number of aromatic nitrogens is 6. The number of fused-ring (bicyclic) bond motifs is 4. The number of imidazole rings is 1. The molecule has 2 unspecified atom stereocenters. The van der Waals surface area contributed by atoms with Gasteiger partial charge >= 0.3 is 31.2 Å². The van der Waals surface area contributed by atoms with Gasteiger partial charge in [-0.25, -0.2) is 42.9 Å². The molecule has 462 valence electrons. The summed E-state index contributed by atoms with van der Waals surface area (Å²) in [5.41, 5.74) is 7.62. The minimum atomic E-state index is -4.67. The number of carbonyl (C=O) groups is 2. The van der Waals surface area contributed by atoms with Crippen LogP contribution in [0.5, 0.6) is 17.2 Å². The maximum atomic E-state index is 17.4. The van der Waals surface area contributed by atoms with Gasteiger partial charge < -0.3 is 34.2 Å². The van der Waals surface area contributed by atoms with Crippen LogP contribution < -0.4 is 31.2 Å². The Labute approximate surface area is 508 Å². The molecule has 3 aromatic heterocycles. The molecule has 0 radical (unpaired) electrons. The fraction of sp³-hybridized carbons (Fsp3) is 0.407. The van der Waals surface area contributed by atoms with Crippen LogP contribution in [0.2, 0.25) is 0 Å². The first-order valence-electron chi connectivity index (χ1n) is 28.4. The number of hydrogen-bond donors (Lipinski definition) is 2. The first-order valence-corrected chi connectivity index (χ1v) is 34.6. The number of halogens is 1.